The van der Waals surface area contributed by atoms with Crippen molar-refractivity contribution >= 4 is 12.1 Å². The molecule has 0 aliphatic rings. The summed E-state index contributed by atoms with van der Waals surface area (Å²) in [6.07, 6.45) is 0.473. The first kappa shape index (κ1) is 10.2. The van der Waals surface area contributed by atoms with Crippen LogP contribution in [0.1, 0.15) is 0 Å². The molecule has 2 N–H and O–H groups in total. The second kappa shape index (κ2) is 4.36. The van der Waals surface area contributed by atoms with Crippen LogP contribution in [0.3, 0.4) is 0 Å². The van der Waals surface area contributed by atoms with E-state index in [1.54, 1.807) is 6.07 Å². The lowest BCUT2D eigenvalue weighted by atomic mass is 10.2. The minimum Gasteiger partial charge on any atom is -0.503 e. The molecule has 0 saturated heterocycles. The van der Waals surface area contributed by atoms with Gasteiger partial charge in [-0.3, -0.25) is 4.79 Å². The Bertz CT molecular complexity index is 338. The van der Waals surface area contributed by atoms with Crippen LogP contribution in [0, 0.1) is 0 Å². The fraction of sp³-hybridized carbons (Fsp3) is 0.222. The summed E-state index contributed by atoms with van der Waals surface area (Å²) < 4.78 is 9.87. The quantitative estimate of drug-likeness (QED) is 0.557. The maximum atomic E-state index is 10.2. The van der Waals surface area contributed by atoms with Gasteiger partial charge in [-0.2, -0.15) is 0 Å². The molecule has 0 heterocycles. The third-order valence-electron chi connectivity index (χ3n) is 1.73. The van der Waals surface area contributed by atoms with Crippen molar-refractivity contribution in [3.8, 4) is 17.2 Å². The van der Waals surface area contributed by atoms with E-state index < -0.39 is 0 Å². The molecule has 0 aromatic heterocycles. The SMILES string of the molecule is COc1ccc(NC=O)c(O)c1OC. The monoisotopic (exact) mass is 197 g/mol. The van der Waals surface area contributed by atoms with Crippen molar-refractivity contribution in [2.75, 3.05) is 19.5 Å². The number of benzene rings is 1. The van der Waals surface area contributed by atoms with E-state index in [0.717, 1.165) is 0 Å². The summed E-state index contributed by atoms with van der Waals surface area (Å²) >= 11 is 0. The van der Waals surface area contributed by atoms with Gasteiger partial charge < -0.3 is 19.9 Å². The molecule has 1 aromatic carbocycles. The number of amides is 1. The van der Waals surface area contributed by atoms with Gasteiger partial charge in [0.2, 0.25) is 12.2 Å². The lowest BCUT2D eigenvalue weighted by Crippen LogP contribution is -1.97. The van der Waals surface area contributed by atoms with Crippen molar-refractivity contribution in [1.29, 1.82) is 0 Å². The first-order chi connectivity index (χ1) is 6.74. The maximum Gasteiger partial charge on any atom is 0.211 e. The van der Waals surface area contributed by atoms with Gasteiger partial charge in [0, 0.05) is 0 Å². The average Bonchev–Trinajstić information content (AvgIpc) is 2.21. The van der Waals surface area contributed by atoms with E-state index in [9.17, 15) is 9.90 Å². The molecule has 0 saturated carbocycles. The van der Waals surface area contributed by atoms with Gasteiger partial charge in [-0.15, -0.1) is 0 Å². The van der Waals surface area contributed by atoms with Crippen LogP contribution in [0.5, 0.6) is 17.2 Å². The third-order valence-corrected chi connectivity index (χ3v) is 1.73. The van der Waals surface area contributed by atoms with Crippen molar-refractivity contribution in [2.24, 2.45) is 0 Å². The lowest BCUT2D eigenvalue weighted by molar-refractivity contribution is -0.105. The zero-order chi connectivity index (χ0) is 10.6. The van der Waals surface area contributed by atoms with Crippen LogP contribution in [-0.4, -0.2) is 25.7 Å². The van der Waals surface area contributed by atoms with Crippen molar-refractivity contribution in [3.63, 3.8) is 0 Å². The molecule has 76 valence electrons. The second-order valence-electron chi connectivity index (χ2n) is 2.46. The molecule has 5 nitrogen and oxygen atoms in total. The summed E-state index contributed by atoms with van der Waals surface area (Å²) in [6.45, 7) is 0. The number of phenolic OH excluding ortho intramolecular Hbond substituents is 1. The van der Waals surface area contributed by atoms with Crippen molar-refractivity contribution in [1.82, 2.24) is 0 Å². The molecular weight excluding hydrogens is 186 g/mol. The molecule has 0 spiro atoms. The highest BCUT2D eigenvalue weighted by atomic mass is 16.5. The number of hydrogen-bond acceptors (Lipinski definition) is 4. The highest BCUT2D eigenvalue weighted by molar-refractivity contribution is 5.78. The topological polar surface area (TPSA) is 67.8 Å². The van der Waals surface area contributed by atoms with Crippen LogP contribution in [0.15, 0.2) is 12.1 Å². The third kappa shape index (κ3) is 1.71. The summed E-state index contributed by atoms with van der Waals surface area (Å²) in [5.74, 6) is 0.444. The summed E-state index contributed by atoms with van der Waals surface area (Å²) in [5, 5.41) is 11.9. The Morgan fingerprint density at radius 3 is 2.57 bits per heavy atom. The molecule has 14 heavy (non-hydrogen) atoms. The van der Waals surface area contributed by atoms with E-state index >= 15 is 0 Å². The fourth-order valence-corrected chi connectivity index (χ4v) is 1.09. The highest BCUT2D eigenvalue weighted by Crippen LogP contribution is 2.41. The number of phenols is 1. The largest absolute Gasteiger partial charge is 0.503 e. The summed E-state index contributed by atoms with van der Waals surface area (Å²) in [4.78, 5) is 10.2. The van der Waals surface area contributed by atoms with E-state index in [1.165, 1.54) is 20.3 Å². The Hall–Kier alpha value is -1.91. The van der Waals surface area contributed by atoms with E-state index in [4.69, 9.17) is 9.47 Å². The molecule has 0 radical (unpaired) electrons. The molecule has 0 bridgehead atoms. The van der Waals surface area contributed by atoms with Gasteiger partial charge in [0.15, 0.2) is 11.5 Å². The van der Waals surface area contributed by atoms with Gasteiger partial charge in [-0.05, 0) is 12.1 Å². The van der Waals surface area contributed by atoms with Crippen LogP contribution in [-0.2, 0) is 4.79 Å². The molecule has 0 unspecified atom stereocenters. The van der Waals surface area contributed by atoms with Crippen LogP contribution in [0.25, 0.3) is 0 Å². The Balaban J connectivity index is 3.19. The Kier molecular flexibility index (Phi) is 3.17. The molecule has 0 aliphatic carbocycles. The first-order valence-electron chi connectivity index (χ1n) is 3.88. The first-order valence-corrected chi connectivity index (χ1v) is 3.88. The molecular formula is C9H11NO4. The number of nitrogens with one attached hydrogen (secondary N) is 1. The predicted octanol–water partition coefficient (Wildman–Crippen LogP) is 0.978. The van der Waals surface area contributed by atoms with Gasteiger partial charge in [0.25, 0.3) is 0 Å². The van der Waals surface area contributed by atoms with E-state index in [0.29, 0.717) is 12.2 Å². The normalized spacial score (nSPS) is 9.29. The summed E-state index contributed by atoms with van der Waals surface area (Å²) in [7, 11) is 2.87. The number of carbonyl (C=O) groups is 1. The van der Waals surface area contributed by atoms with E-state index in [-0.39, 0.29) is 17.2 Å². The number of carbonyl (C=O) groups excluding carboxylic acids is 1. The van der Waals surface area contributed by atoms with E-state index in [1.807, 2.05) is 0 Å². The lowest BCUT2D eigenvalue weighted by Gasteiger charge is -2.11. The van der Waals surface area contributed by atoms with Crippen LogP contribution in [0.2, 0.25) is 0 Å². The van der Waals surface area contributed by atoms with Gasteiger partial charge in [0.05, 0.1) is 19.9 Å². The van der Waals surface area contributed by atoms with Gasteiger partial charge in [-0.1, -0.05) is 0 Å². The maximum absolute atomic E-state index is 10.2. The van der Waals surface area contributed by atoms with Gasteiger partial charge in [0.1, 0.15) is 0 Å². The highest BCUT2D eigenvalue weighted by Gasteiger charge is 2.13. The molecule has 1 aromatic rings. The standard InChI is InChI=1S/C9H11NO4/c1-13-7-4-3-6(10-5-11)8(12)9(7)14-2/h3-5,12H,1-2H3,(H,10,11). The Labute approximate surface area is 81.3 Å². The molecule has 0 atom stereocenters. The van der Waals surface area contributed by atoms with Crippen molar-refractivity contribution in [2.45, 2.75) is 0 Å². The number of rotatable bonds is 4. The minimum absolute atomic E-state index is 0.154. The van der Waals surface area contributed by atoms with E-state index in [2.05, 4.69) is 5.32 Å². The number of methoxy groups -OCH3 is 2. The Morgan fingerprint density at radius 2 is 2.07 bits per heavy atom. The Morgan fingerprint density at radius 1 is 1.36 bits per heavy atom. The predicted molar refractivity (Wildman–Crippen MR) is 50.9 cm³/mol. The number of aromatic hydroxyl groups is 1. The number of hydrogen-bond donors (Lipinski definition) is 2. The average molecular weight is 197 g/mol. The molecule has 5 heteroatoms. The fourth-order valence-electron chi connectivity index (χ4n) is 1.09. The molecule has 1 rings (SSSR count). The van der Waals surface area contributed by atoms with Crippen molar-refractivity contribution in [3.05, 3.63) is 12.1 Å². The van der Waals surface area contributed by atoms with Crippen LogP contribution >= 0.6 is 0 Å². The smallest absolute Gasteiger partial charge is 0.211 e. The minimum atomic E-state index is -0.154. The second-order valence-corrected chi connectivity index (χ2v) is 2.46. The van der Waals surface area contributed by atoms with Crippen molar-refractivity contribution < 1.29 is 19.4 Å². The molecule has 0 fully saturated rings. The summed E-state index contributed by atoms with van der Waals surface area (Å²) in [6, 6.07) is 3.11. The van der Waals surface area contributed by atoms with Gasteiger partial charge >= 0.3 is 0 Å². The number of ether oxygens (including phenoxy) is 2. The zero-order valence-corrected chi connectivity index (χ0v) is 7.90. The summed E-state index contributed by atoms with van der Waals surface area (Å²) in [5.41, 5.74) is 0.276. The zero-order valence-electron chi connectivity index (χ0n) is 7.90. The molecule has 0 aliphatic heterocycles. The van der Waals surface area contributed by atoms with Crippen LogP contribution < -0.4 is 14.8 Å². The van der Waals surface area contributed by atoms with Gasteiger partial charge in [-0.25, -0.2) is 0 Å². The van der Waals surface area contributed by atoms with Crippen LogP contribution in [0.4, 0.5) is 5.69 Å². The molecule has 1 amide bonds. The number of anilines is 1.